The van der Waals surface area contributed by atoms with Crippen LogP contribution in [0.3, 0.4) is 0 Å². The Balaban J connectivity index is 1.28. The Kier molecular flexibility index (Phi) is 6.16. The molecule has 2 heterocycles. The molecule has 0 saturated carbocycles. The van der Waals surface area contributed by atoms with Gasteiger partial charge in [-0.1, -0.05) is 31.1 Å². The molecule has 0 bridgehead atoms. The van der Waals surface area contributed by atoms with E-state index in [-0.39, 0.29) is 11.7 Å². The van der Waals surface area contributed by atoms with E-state index < -0.39 is 0 Å². The summed E-state index contributed by atoms with van der Waals surface area (Å²) >= 11 is 0. The molecule has 2 aromatic rings. The smallest absolute Gasteiger partial charge is 0.324 e. The van der Waals surface area contributed by atoms with E-state index in [1.807, 2.05) is 6.07 Å². The first kappa shape index (κ1) is 19.9. The van der Waals surface area contributed by atoms with Crippen LogP contribution in [0.25, 0.3) is 5.57 Å². The van der Waals surface area contributed by atoms with Gasteiger partial charge < -0.3 is 14.2 Å². The van der Waals surface area contributed by atoms with Crippen LogP contribution in [0.4, 0.5) is 10.4 Å². The van der Waals surface area contributed by atoms with Gasteiger partial charge in [0.1, 0.15) is 0 Å². The third-order valence-corrected chi connectivity index (χ3v) is 5.90. The van der Waals surface area contributed by atoms with Crippen molar-refractivity contribution in [3.05, 3.63) is 41.5 Å². The number of anilines is 1. The topological polar surface area (TPSA) is 51.4 Å². The summed E-state index contributed by atoms with van der Waals surface area (Å²) in [6.45, 7) is 6.34. The third kappa shape index (κ3) is 4.80. The Morgan fingerprint density at radius 2 is 2.07 bits per heavy atom. The number of nitrogens with zero attached hydrogens (tertiary/aromatic N) is 3. The normalized spacial score (nSPS) is 18.2. The number of piperidine rings is 1. The quantitative estimate of drug-likeness (QED) is 0.634. The molecule has 1 aromatic heterocycles. The van der Waals surface area contributed by atoms with E-state index >= 15 is 0 Å². The van der Waals surface area contributed by atoms with Crippen molar-refractivity contribution in [3.63, 3.8) is 0 Å². The predicted molar refractivity (Wildman–Crippen MR) is 112 cm³/mol. The number of halogens is 1. The molecule has 1 aliphatic carbocycles. The summed E-state index contributed by atoms with van der Waals surface area (Å²) in [5.41, 5.74) is 2.25. The molecular weight excluding hydrogens is 369 g/mol. The van der Waals surface area contributed by atoms with Crippen LogP contribution in [-0.4, -0.2) is 29.8 Å². The van der Waals surface area contributed by atoms with Gasteiger partial charge in [-0.15, -0.1) is 0 Å². The summed E-state index contributed by atoms with van der Waals surface area (Å²) in [7, 11) is 0. The summed E-state index contributed by atoms with van der Waals surface area (Å²) in [4.78, 5) is 6.60. The molecule has 0 spiro atoms. The maximum absolute atomic E-state index is 14.5. The lowest BCUT2D eigenvalue weighted by molar-refractivity contribution is 0.213. The standard InChI is InChI=1S/C23H30FN3O2/c1-16(2)22-25-23(29-26-22)27-12-10-17(11-13-27)15-28-21-9-8-19(14-20(21)24)18-6-4-3-5-7-18/h6,8-9,14,16-17H,3-5,7,10-13,15H2,1-2H3. The van der Waals surface area contributed by atoms with Crippen molar-refractivity contribution >= 4 is 11.6 Å². The summed E-state index contributed by atoms with van der Waals surface area (Å²) in [5.74, 6) is 1.49. The molecule has 1 fully saturated rings. The van der Waals surface area contributed by atoms with E-state index in [0.717, 1.165) is 50.2 Å². The van der Waals surface area contributed by atoms with Crippen LogP contribution < -0.4 is 9.64 Å². The summed E-state index contributed by atoms with van der Waals surface area (Å²) in [6.07, 6.45) is 8.72. The second kappa shape index (κ2) is 8.97. The fourth-order valence-corrected chi connectivity index (χ4v) is 4.01. The lowest BCUT2D eigenvalue weighted by Gasteiger charge is -2.30. The van der Waals surface area contributed by atoms with Crippen molar-refractivity contribution in [3.8, 4) is 5.75 Å². The van der Waals surface area contributed by atoms with E-state index in [4.69, 9.17) is 9.26 Å². The summed E-state index contributed by atoms with van der Waals surface area (Å²) in [6, 6.07) is 5.99. The maximum Gasteiger partial charge on any atom is 0.324 e. The monoisotopic (exact) mass is 399 g/mol. The fourth-order valence-electron chi connectivity index (χ4n) is 4.01. The first-order valence-corrected chi connectivity index (χ1v) is 10.8. The molecule has 29 heavy (non-hydrogen) atoms. The average molecular weight is 400 g/mol. The fraction of sp³-hybridized carbons (Fsp3) is 0.565. The SMILES string of the molecule is CC(C)c1noc(N2CCC(COc3ccc(C4=CCCCC4)cc3F)CC2)n1. The zero-order chi connectivity index (χ0) is 20.2. The van der Waals surface area contributed by atoms with Crippen LogP contribution in [0.2, 0.25) is 0 Å². The van der Waals surface area contributed by atoms with Gasteiger partial charge in [-0.3, -0.25) is 0 Å². The van der Waals surface area contributed by atoms with Crippen LogP contribution >= 0.6 is 0 Å². The van der Waals surface area contributed by atoms with Crippen molar-refractivity contribution < 1.29 is 13.7 Å². The van der Waals surface area contributed by atoms with Crippen molar-refractivity contribution in [2.75, 3.05) is 24.6 Å². The molecule has 0 atom stereocenters. The molecule has 4 rings (SSSR count). The Morgan fingerprint density at radius 1 is 1.24 bits per heavy atom. The molecule has 6 heteroatoms. The number of benzene rings is 1. The van der Waals surface area contributed by atoms with Crippen LogP contribution in [0.5, 0.6) is 5.75 Å². The molecule has 1 saturated heterocycles. The second-order valence-electron chi connectivity index (χ2n) is 8.45. The van der Waals surface area contributed by atoms with Crippen LogP contribution in [0.15, 0.2) is 28.8 Å². The zero-order valence-electron chi connectivity index (χ0n) is 17.4. The molecule has 0 unspecified atom stereocenters. The molecule has 2 aliphatic rings. The van der Waals surface area contributed by atoms with Gasteiger partial charge in [-0.2, -0.15) is 4.98 Å². The molecule has 5 nitrogen and oxygen atoms in total. The first-order chi connectivity index (χ1) is 14.1. The summed E-state index contributed by atoms with van der Waals surface area (Å²) in [5, 5.41) is 4.04. The highest BCUT2D eigenvalue weighted by Crippen LogP contribution is 2.30. The second-order valence-corrected chi connectivity index (χ2v) is 8.45. The van der Waals surface area contributed by atoms with E-state index in [9.17, 15) is 4.39 Å². The van der Waals surface area contributed by atoms with E-state index in [0.29, 0.717) is 24.3 Å². The van der Waals surface area contributed by atoms with Gasteiger partial charge in [0.25, 0.3) is 0 Å². The highest BCUT2D eigenvalue weighted by atomic mass is 19.1. The molecule has 156 valence electrons. The van der Waals surface area contributed by atoms with Crippen molar-refractivity contribution in [2.45, 2.75) is 58.3 Å². The van der Waals surface area contributed by atoms with E-state index in [1.165, 1.54) is 18.4 Å². The molecule has 0 N–H and O–H groups in total. The van der Waals surface area contributed by atoms with Crippen LogP contribution in [-0.2, 0) is 0 Å². The van der Waals surface area contributed by atoms with Crippen molar-refractivity contribution in [1.29, 1.82) is 0 Å². The van der Waals surface area contributed by atoms with Gasteiger partial charge in [0.2, 0.25) is 0 Å². The number of hydrogen-bond acceptors (Lipinski definition) is 5. The van der Waals surface area contributed by atoms with Gasteiger partial charge in [-0.25, -0.2) is 4.39 Å². The number of aromatic nitrogens is 2. The van der Waals surface area contributed by atoms with Crippen LogP contribution in [0, 0.1) is 11.7 Å². The van der Waals surface area contributed by atoms with E-state index in [2.05, 4.69) is 35.0 Å². The third-order valence-electron chi connectivity index (χ3n) is 5.90. The Bertz CT molecular complexity index is 854. The largest absolute Gasteiger partial charge is 0.490 e. The van der Waals surface area contributed by atoms with E-state index in [1.54, 1.807) is 12.1 Å². The van der Waals surface area contributed by atoms with Gasteiger partial charge in [0, 0.05) is 19.0 Å². The highest BCUT2D eigenvalue weighted by molar-refractivity contribution is 5.66. The zero-order valence-corrected chi connectivity index (χ0v) is 17.4. The van der Waals surface area contributed by atoms with Gasteiger partial charge in [-0.05, 0) is 67.7 Å². The summed E-state index contributed by atoms with van der Waals surface area (Å²) < 4.78 is 25.7. The van der Waals surface area contributed by atoms with Crippen molar-refractivity contribution in [2.24, 2.45) is 5.92 Å². The number of rotatable bonds is 6. The van der Waals surface area contributed by atoms with Crippen molar-refractivity contribution in [1.82, 2.24) is 10.1 Å². The number of allylic oxidation sites excluding steroid dienone is 2. The maximum atomic E-state index is 14.5. The average Bonchev–Trinajstić information content (AvgIpc) is 3.24. The molecule has 0 radical (unpaired) electrons. The highest BCUT2D eigenvalue weighted by Gasteiger charge is 2.24. The number of hydrogen-bond donors (Lipinski definition) is 0. The molecule has 1 aromatic carbocycles. The Labute approximate surface area is 171 Å². The Morgan fingerprint density at radius 3 is 2.72 bits per heavy atom. The lowest BCUT2D eigenvalue weighted by atomic mass is 9.93. The Hall–Kier alpha value is -2.37. The molecule has 1 aliphatic heterocycles. The number of ether oxygens (including phenoxy) is 1. The lowest BCUT2D eigenvalue weighted by Crippen LogP contribution is -2.35. The molecule has 0 amide bonds. The van der Waals surface area contributed by atoms with Crippen LogP contribution in [0.1, 0.15) is 69.7 Å². The molecular formula is C23H30FN3O2. The van der Waals surface area contributed by atoms with Gasteiger partial charge in [0.05, 0.1) is 6.61 Å². The van der Waals surface area contributed by atoms with Gasteiger partial charge >= 0.3 is 6.01 Å². The first-order valence-electron chi connectivity index (χ1n) is 10.8. The minimum Gasteiger partial charge on any atom is -0.490 e. The predicted octanol–water partition coefficient (Wildman–Crippen LogP) is 5.58. The minimum absolute atomic E-state index is 0.258. The minimum atomic E-state index is -0.265. The van der Waals surface area contributed by atoms with Gasteiger partial charge in [0.15, 0.2) is 17.4 Å².